The zero-order valence-electron chi connectivity index (χ0n) is 13.8. The number of ether oxygens (including phenoxy) is 1. The van der Waals surface area contributed by atoms with Gasteiger partial charge in [-0.2, -0.15) is 0 Å². The molecule has 126 valence electrons. The molecule has 1 fully saturated rings. The zero-order chi connectivity index (χ0) is 17.2. The summed E-state index contributed by atoms with van der Waals surface area (Å²) < 4.78 is 6.35. The molecule has 2 aromatic carbocycles. The van der Waals surface area contributed by atoms with E-state index >= 15 is 0 Å². The van der Waals surface area contributed by atoms with E-state index < -0.39 is 0 Å². The van der Waals surface area contributed by atoms with Crippen molar-refractivity contribution in [3.8, 4) is 0 Å². The summed E-state index contributed by atoms with van der Waals surface area (Å²) in [6, 6.07) is 16.1. The first kappa shape index (κ1) is 17.5. The average molecular weight is 361 g/mol. The van der Waals surface area contributed by atoms with Gasteiger partial charge in [0.05, 0.1) is 12.7 Å². The van der Waals surface area contributed by atoms with Gasteiger partial charge in [-0.25, -0.2) is 0 Å². The largest absolute Gasteiger partial charge is 0.372 e. The smallest absolute Gasteiger partial charge is 0.0893 e. The molecular weight excluding hydrogens is 339 g/mol. The van der Waals surface area contributed by atoms with Gasteiger partial charge in [-0.1, -0.05) is 60.5 Å². The van der Waals surface area contributed by atoms with E-state index in [0.29, 0.717) is 0 Å². The van der Waals surface area contributed by atoms with E-state index in [0.717, 1.165) is 35.1 Å². The quantitative estimate of drug-likeness (QED) is 0.543. The van der Waals surface area contributed by atoms with Gasteiger partial charge in [0.1, 0.15) is 0 Å². The third kappa shape index (κ3) is 3.85. The van der Waals surface area contributed by atoms with Crippen molar-refractivity contribution in [2.75, 3.05) is 6.61 Å². The van der Waals surface area contributed by atoms with Gasteiger partial charge in [-0.3, -0.25) is 0 Å². The van der Waals surface area contributed by atoms with Crippen LogP contribution in [0.1, 0.15) is 42.9 Å². The predicted molar refractivity (Wildman–Crippen MR) is 102 cm³/mol. The third-order valence-corrected chi connectivity index (χ3v) is 5.29. The summed E-state index contributed by atoms with van der Waals surface area (Å²) >= 11 is 12.3. The first-order chi connectivity index (χ1) is 11.5. The van der Waals surface area contributed by atoms with Gasteiger partial charge in [0.25, 0.3) is 0 Å². The fourth-order valence-corrected chi connectivity index (χ4v) is 3.93. The highest BCUT2D eigenvalue weighted by Crippen LogP contribution is 2.49. The minimum Gasteiger partial charge on any atom is -0.372 e. The summed E-state index contributed by atoms with van der Waals surface area (Å²) in [6.45, 7) is 6.90. The van der Waals surface area contributed by atoms with E-state index in [1.165, 1.54) is 5.56 Å². The van der Waals surface area contributed by atoms with Crippen LogP contribution < -0.4 is 0 Å². The molecule has 0 saturated carbocycles. The van der Waals surface area contributed by atoms with Crippen LogP contribution in [0.3, 0.4) is 0 Å². The topological polar surface area (TPSA) is 9.23 Å². The second-order valence-corrected chi connectivity index (χ2v) is 7.83. The lowest BCUT2D eigenvalue weighted by Crippen LogP contribution is -2.35. The first-order valence-electron chi connectivity index (χ1n) is 8.24. The molecule has 3 rings (SSSR count). The highest BCUT2D eigenvalue weighted by Gasteiger charge is 2.39. The number of hydrogen-bond donors (Lipinski definition) is 0. The Morgan fingerprint density at radius 2 is 1.88 bits per heavy atom. The highest BCUT2D eigenvalue weighted by molar-refractivity contribution is 6.30. The zero-order valence-corrected chi connectivity index (χ0v) is 15.4. The first-order valence-corrected chi connectivity index (χ1v) is 9.00. The molecule has 0 radical (unpaired) electrons. The van der Waals surface area contributed by atoms with Crippen molar-refractivity contribution >= 4 is 23.2 Å². The minimum absolute atomic E-state index is 0.0126. The molecule has 0 amide bonds. The maximum absolute atomic E-state index is 6.35. The molecular formula is C21H22Cl2O. The van der Waals surface area contributed by atoms with Crippen LogP contribution >= 0.6 is 23.2 Å². The predicted octanol–water partition coefficient (Wildman–Crippen LogP) is 6.82. The van der Waals surface area contributed by atoms with Crippen molar-refractivity contribution in [3.63, 3.8) is 0 Å². The molecule has 0 aliphatic carbocycles. The molecule has 2 aromatic rings. The van der Waals surface area contributed by atoms with E-state index in [1.807, 2.05) is 30.3 Å². The van der Waals surface area contributed by atoms with E-state index in [1.54, 1.807) is 0 Å². The Labute approximate surface area is 154 Å². The van der Waals surface area contributed by atoms with E-state index in [9.17, 15) is 0 Å². The Kier molecular flexibility index (Phi) is 5.34. The molecule has 1 nitrogen and oxygen atoms in total. The molecule has 0 N–H and O–H groups in total. The fourth-order valence-electron chi connectivity index (χ4n) is 3.61. The van der Waals surface area contributed by atoms with Gasteiger partial charge in [-0.15, -0.1) is 6.58 Å². The molecule has 1 heterocycles. The van der Waals surface area contributed by atoms with Crippen molar-refractivity contribution in [3.05, 3.63) is 82.4 Å². The Hall–Kier alpha value is -1.28. The van der Waals surface area contributed by atoms with Gasteiger partial charge >= 0.3 is 0 Å². The van der Waals surface area contributed by atoms with Crippen LogP contribution in [0.4, 0.5) is 0 Å². The van der Waals surface area contributed by atoms with E-state index in [4.69, 9.17) is 27.9 Å². The van der Waals surface area contributed by atoms with Crippen LogP contribution in [-0.2, 0) is 4.74 Å². The fraction of sp³-hybridized carbons (Fsp3) is 0.333. The molecule has 1 aliphatic heterocycles. The molecule has 24 heavy (non-hydrogen) atoms. The van der Waals surface area contributed by atoms with Crippen molar-refractivity contribution in [2.45, 2.75) is 31.8 Å². The van der Waals surface area contributed by atoms with Gasteiger partial charge in [0.15, 0.2) is 0 Å². The number of allylic oxidation sites excluding steroid dienone is 1. The summed E-state index contributed by atoms with van der Waals surface area (Å²) in [5, 5.41) is 1.50. The SMILES string of the molecule is C=CC[C@]1(C)CO[C@@H](c2ccc(Cl)cc2)[C@@H](c2cccc(Cl)c2)C1. The molecule has 0 aromatic heterocycles. The second kappa shape index (κ2) is 7.31. The van der Waals surface area contributed by atoms with Crippen molar-refractivity contribution < 1.29 is 4.74 Å². The lowest BCUT2D eigenvalue weighted by Gasteiger charge is -2.43. The Bertz CT molecular complexity index is 710. The molecule has 3 atom stereocenters. The highest BCUT2D eigenvalue weighted by atomic mass is 35.5. The van der Waals surface area contributed by atoms with Crippen LogP contribution in [0.15, 0.2) is 61.2 Å². The molecule has 1 saturated heterocycles. The maximum Gasteiger partial charge on any atom is 0.0893 e. The lowest BCUT2D eigenvalue weighted by molar-refractivity contribution is -0.0713. The van der Waals surface area contributed by atoms with Gasteiger partial charge in [0, 0.05) is 16.0 Å². The van der Waals surface area contributed by atoms with Gasteiger partial charge in [0.2, 0.25) is 0 Å². The van der Waals surface area contributed by atoms with Gasteiger partial charge < -0.3 is 4.74 Å². The van der Waals surface area contributed by atoms with Crippen molar-refractivity contribution in [2.24, 2.45) is 5.41 Å². The van der Waals surface area contributed by atoms with Crippen molar-refractivity contribution in [1.82, 2.24) is 0 Å². The standard InChI is InChI=1S/C21H22Cl2O/c1-3-11-21(2)13-19(16-5-4-6-18(23)12-16)20(24-14-21)15-7-9-17(22)10-8-15/h3-10,12,19-20H,1,11,13-14H2,2H3/t19-,20+,21+/m1/s1. The summed E-state index contributed by atoms with van der Waals surface area (Å²) in [4.78, 5) is 0. The number of rotatable bonds is 4. The second-order valence-electron chi connectivity index (χ2n) is 6.95. The lowest BCUT2D eigenvalue weighted by atomic mass is 9.71. The third-order valence-electron chi connectivity index (χ3n) is 4.80. The molecule has 0 bridgehead atoms. The van der Waals surface area contributed by atoms with Crippen molar-refractivity contribution in [1.29, 1.82) is 0 Å². The maximum atomic E-state index is 6.35. The number of hydrogen-bond acceptors (Lipinski definition) is 1. The van der Waals surface area contributed by atoms with E-state index in [2.05, 4.69) is 37.8 Å². The Morgan fingerprint density at radius 3 is 2.54 bits per heavy atom. The monoisotopic (exact) mass is 360 g/mol. The van der Waals surface area contributed by atoms with E-state index in [-0.39, 0.29) is 17.4 Å². The summed E-state index contributed by atoms with van der Waals surface area (Å²) in [5.41, 5.74) is 2.47. The molecule has 0 unspecified atom stereocenters. The van der Waals surface area contributed by atoms with Crippen LogP contribution in [0.2, 0.25) is 10.0 Å². The summed E-state index contributed by atoms with van der Waals surface area (Å²) in [7, 11) is 0. The minimum atomic E-state index is 0.0126. The molecule has 1 aliphatic rings. The summed E-state index contributed by atoms with van der Waals surface area (Å²) in [5.74, 6) is 0.253. The number of benzene rings is 2. The summed E-state index contributed by atoms with van der Waals surface area (Å²) in [6.07, 6.45) is 3.98. The van der Waals surface area contributed by atoms with Crippen LogP contribution in [-0.4, -0.2) is 6.61 Å². The van der Waals surface area contributed by atoms with Crippen LogP contribution in [0, 0.1) is 5.41 Å². The normalized spacial score (nSPS) is 27.0. The van der Waals surface area contributed by atoms with Crippen LogP contribution in [0.25, 0.3) is 0 Å². The number of halogens is 2. The average Bonchev–Trinajstić information content (AvgIpc) is 2.56. The molecule has 3 heteroatoms. The Morgan fingerprint density at radius 1 is 1.12 bits per heavy atom. The molecule has 0 spiro atoms. The Balaban J connectivity index is 1.97. The van der Waals surface area contributed by atoms with Gasteiger partial charge in [-0.05, 0) is 53.6 Å². The van der Waals surface area contributed by atoms with Crippen LogP contribution in [0.5, 0.6) is 0 Å².